The standard InChI is InChI=1S/C19H11N3O6/c23-11-5-4-10(16(24)8-11)9-20-21-18(25)13-3-1-2-12-15(22(27)28)7-6-14(17(12)13)19(21)26/h1-9,23-24H/b20-9+. The van der Waals surface area contributed by atoms with Gasteiger partial charge in [-0.15, -0.1) is 0 Å². The Morgan fingerprint density at radius 3 is 2.39 bits per heavy atom. The molecule has 2 amide bonds. The van der Waals surface area contributed by atoms with Gasteiger partial charge >= 0.3 is 0 Å². The lowest BCUT2D eigenvalue weighted by molar-refractivity contribution is -0.383. The minimum Gasteiger partial charge on any atom is -0.508 e. The van der Waals surface area contributed by atoms with E-state index in [2.05, 4.69) is 5.10 Å². The number of phenols is 2. The molecule has 3 aromatic carbocycles. The molecule has 4 rings (SSSR count). The van der Waals surface area contributed by atoms with Gasteiger partial charge in [-0.05, 0) is 30.3 Å². The van der Waals surface area contributed by atoms with Crippen LogP contribution in [-0.4, -0.2) is 38.2 Å². The SMILES string of the molecule is O=C1c2cccc3c([N+](=O)[O-])ccc(c23)C(=O)N1/N=C/c1ccc(O)cc1O. The number of hydrogen-bond acceptors (Lipinski definition) is 7. The van der Waals surface area contributed by atoms with Gasteiger partial charge in [0.2, 0.25) is 0 Å². The Bertz CT molecular complexity index is 1200. The van der Waals surface area contributed by atoms with E-state index in [9.17, 15) is 29.9 Å². The lowest BCUT2D eigenvalue weighted by Gasteiger charge is -2.23. The number of rotatable bonds is 3. The predicted molar refractivity (Wildman–Crippen MR) is 98.5 cm³/mol. The van der Waals surface area contributed by atoms with E-state index in [1.807, 2.05) is 0 Å². The average Bonchev–Trinajstić information content (AvgIpc) is 2.66. The van der Waals surface area contributed by atoms with Crippen LogP contribution >= 0.6 is 0 Å². The summed E-state index contributed by atoms with van der Waals surface area (Å²) in [6.07, 6.45) is 1.11. The third kappa shape index (κ3) is 2.53. The van der Waals surface area contributed by atoms with Gasteiger partial charge in [-0.1, -0.05) is 6.07 Å². The summed E-state index contributed by atoms with van der Waals surface area (Å²) in [6.45, 7) is 0. The van der Waals surface area contributed by atoms with Crippen LogP contribution in [0.2, 0.25) is 0 Å². The Hall–Kier alpha value is -4.27. The smallest absolute Gasteiger partial charge is 0.282 e. The summed E-state index contributed by atoms with van der Waals surface area (Å²) in [4.78, 5) is 36.2. The summed E-state index contributed by atoms with van der Waals surface area (Å²) in [6, 6.07) is 10.7. The second-order valence-corrected chi connectivity index (χ2v) is 6.03. The van der Waals surface area contributed by atoms with Crippen molar-refractivity contribution < 1.29 is 24.7 Å². The largest absolute Gasteiger partial charge is 0.508 e. The van der Waals surface area contributed by atoms with Gasteiger partial charge in [-0.2, -0.15) is 10.1 Å². The number of hydrazone groups is 1. The van der Waals surface area contributed by atoms with Crippen molar-refractivity contribution in [2.45, 2.75) is 0 Å². The highest BCUT2D eigenvalue weighted by Gasteiger charge is 2.34. The summed E-state index contributed by atoms with van der Waals surface area (Å²) < 4.78 is 0. The minimum atomic E-state index is -0.738. The molecule has 9 nitrogen and oxygen atoms in total. The number of aromatic hydroxyl groups is 2. The van der Waals surface area contributed by atoms with Gasteiger partial charge in [0.15, 0.2) is 0 Å². The molecule has 0 aliphatic carbocycles. The molecule has 0 saturated heterocycles. The van der Waals surface area contributed by atoms with Crippen LogP contribution in [0.5, 0.6) is 11.5 Å². The molecule has 28 heavy (non-hydrogen) atoms. The van der Waals surface area contributed by atoms with Crippen molar-refractivity contribution in [2.75, 3.05) is 0 Å². The fourth-order valence-electron chi connectivity index (χ4n) is 3.09. The number of carbonyl (C=O) groups is 2. The summed E-state index contributed by atoms with van der Waals surface area (Å²) in [5.41, 5.74) is 0.212. The van der Waals surface area contributed by atoms with Crippen molar-refractivity contribution in [3.05, 3.63) is 75.3 Å². The normalized spacial score (nSPS) is 13.5. The van der Waals surface area contributed by atoms with E-state index in [0.717, 1.165) is 12.3 Å². The highest BCUT2D eigenvalue weighted by molar-refractivity contribution is 6.26. The van der Waals surface area contributed by atoms with Crippen LogP contribution in [-0.2, 0) is 0 Å². The number of benzene rings is 3. The molecule has 138 valence electrons. The third-order valence-electron chi connectivity index (χ3n) is 4.39. The maximum absolute atomic E-state index is 12.8. The van der Waals surface area contributed by atoms with E-state index < -0.39 is 16.7 Å². The monoisotopic (exact) mass is 377 g/mol. The molecule has 0 unspecified atom stereocenters. The van der Waals surface area contributed by atoms with Gasteiger partial charge in [0.05, 0.1) is 27.7 Å². The zero-order valence-electron chi connectivity index (χ0n) is 14.1. The first-order valence-electron chi connectivity index (χ1n) is 8.03. The minimum absolute atomic E-state index is 0.114. The highest BCUT2D eigenvalue weighted by Crippen LogP contribution is 2.35. The van der Waals surface area contributed by atoms with E-state index in [1.165, 1.54) is 42.5 Å². The van der Waals surface area contributed by atoms with Gasteiger partial charge in [-0.3, -0.25) is 19.7 Å². The van der Waals surface area contributed by atoms with Crippen molar-refractivity contribution in [3.63, 3.8) is 0 Å². The number of nitrogens with zero attached hydrogens (tertiary/aromatic N) is 3. The highest BCUT2D eigenvalue weighted by atomic mass is 16.6. The van der Waals surface area contributed by atoms with E-state index in [1.54, 1.807) is 0 Å². The lowest BCUT2D eigenvalue weighted by atomic mass is 9.94. The second kappa shape index (κ2) is 6.16. The van der Waals surface area contributed by atoms with Crippen LogP contribution in [0.15, 0.2) is 53.6 Å². The molecule has 0 atom stereocenters. The molecule has 0 fully saturated rings. The molecule has 9 heteroatoms. The number of hydrogen-bond donors (Lipinski definition) is 2. The van der Waals surface area contributed by atoms with Crippen LogP contribution in [0.1, 0.15) is 26.3 Å². The Balaban J connectivity index is 1.82. The van der Waals surface area contributed by atoms with Gasteiger partial charge in [0, 0.05) is 23.1 Å². The summed E-state index contributed by atoms with van der Waals surface area (Å²) in [7, 11) is 0. The maximum atomic E-state index is 12.8. The fourth-order valence-corrected chi connectivity index (χ4v) is 3.09. The molecule has 3 aromatic rings. The number of amides is 2. The zero-order valence-corrected chi connectivity index (χ0v) is 14.1. The third-order valence-corrected chi connectivity index (χ3v) is 4.39. The Morgan fingerprint density at radius 1 is 1.00 bits per heavy atom. The van der Waals surface area contributed by atoms with E-state index in [-0.39, 0.29) is 44.6 Å². The second-order valence-electron chi connectivity index (χ2n) is 6.03. The Morgan fingerprint density at radius 2 is 1.71 bits per heavy atom. The van der Waals surface area contributed by atoms with Crippen LogP contribution < -0.4 is 0 Å². The predicted octanol–water partition coefficient (Wildman–Crippen LogP) is 2.79. The van der Waals surface area contributed by atoms with Crippen LogP contribution in [0.3, 0.4) is 0 Å². The van der Waals surface area contributed by atoms with Crippen molar-refractivity contribution in [2.24, 2.45) is 5.10 Å². The number of non-ortho nitro benzene ring substituents is 1. The molecule has 1 aliphatic heterocycles. The van der Waals surface area contributed by atoms with Crippen molar-refractivity contribution in [3.8, 4) is 11.5 Å². The number of imide groups is 1. The van der Waals surface area contributed by atoms with Gasteiger partial charge < -0.3 is 10.2 Å². The number of nitro benzene ring substituents is 1. The lowest BCUT2D eigenvalue weighted by Crippen LogP contribution is -2.36. The first-order chi connectivity index (χ1) is 13.4. The summed E-state index contributed by atoms with van der Waals surface area (Å²) in [5.74, 6) is -1.91. The molecule has 2 N–H and O–H groups in total. The molecule has 0 bridgehead atoms. The van der Waals surface area contributed by atoms with Gasteiger partial charge in [-0.25, -0.2) is 0 Å². The Kier molecular flexibility index (Phi) is 3.78. The molecule has 0 saturated carbocycles. The van der Waals surface area contributed by atoms with E-state index >= 15 is 0 Å². The average molecular weight is 377 g/mol. The first-order valence-corrected chi connectivity index (χ1v) is 8.03. The van der Waals surface area contributed by atoms with Crippen LogP contribution in [0.25, 0.3) is 10.8 Å². The topological polar surface area (TPSA) is 133 Å². The van der Waals surface area contributed by atoms with Crippen molar-refractivity contribution >= 4 is 34.5 Å². The van der Waals surface area contributed by atoms with Gasteiger partial charge in [0.1, 0.15) is 11.5 Å². The molecule has 0 radical (unpaired) electrons. The van der Waals surface area contributed by atoms with Crippen molar-refractivity contribution in [1.82, 2.24) is 5.01 Å². The van der Waals surface area contributed by atoms with E-state index in [0.29, 0.717) is 5.01 Å². The molecule has 1 heterocycles. The van der Waals surface area contributed by atoms with Gasteiger partial charge in [0.25, 0.3) is 17.5 Å². The van der Waals surface area contributed by atoms with Crippen LogP contribution in [0, 0.1) is 10.1 Å². The Labute approximate surface area is 156 Å². The first kappa shape index (κ1) is 17.2. The molecule has 0 spiro atoms. The number of phenolic OH excluding ortho intramolecular Hbond substituents is 2. The fraction of sp³-hybridized carbons (Fsp3) is 0. The number of carbonyl (C=O) groups excluding carboxylic acids is 2. The molecule has 0 aromatic heterocycles. The summed E-state index contributed by atoms with van der Waals surface area (Å²) >= 11 is 0. The quantitative estimate of drug-likeness (QED) is 0.312. The maximum Gasteiger partial charge on any atom is 0.282 e. The molecular weight excluding hydrogens is 366 g/mol. The molecular formula is C19H11N3O6. The zero-order chi connectivity index (χ0) is 20.0. The van der Waals surface area contributed by atoms with E-state index in [4.69, 9.17) is 0 Å². The number of nitro groups is 1. The summed E-state index contributed by atoms with van der Waals surface area (Å²) in [5, 5.41) is 35.3. The van der Waals surface area contributed by atoms with Crippen LogP contribution in [0.4, 0.5) is 5.69 Å². The van der Waals surface area contributed by atoms with Crippen molar-refractivity contribution in [1.29, 1.82) is 0 Å². The molecule has 1 aliphatic rings.